The van der Waals surface area contributed by atoms with Crippen molar-refractivity contribution in [1.29, 1.82) is 0 Å². The molecule has 21 heavy (non-hydrogen) atoms. The van der Waals surface area contributed by atoms with E-state index in [1.165, 1.54) is 32.9 Å². The number of aryl methyl sites for hydroxylation is 3. The predicted molar refractivity (Wildman–Crippen MR) is 91.3 cm³/mol. The first kappa shape index (κ1) is 16.1. The standard InChI is InChI=1S/C18H25NOS/c1-5-8-19-11-17-10-16(15(4)21-17)12-20-18-7-6-13(2)9-14(18)3/h6-7,9-10,19H,5,8,11-12H2,1-4H3. The van der Waals surface area contributed by atoms with Gasteiger partial charge in [-0.15, -0.1) is 11.3 Å². The van der Waals surface area contributed by atoms with Gasteiger partial charge in [0.25, 0.3) is 0 Å². The largest absolute Gasteiger partial charge is 0.489 e. The number of thiophene rings is 1. The smallest absolute Gasteiger partial charge is 0.122 e. The summed E-state index contributed by atoms with van der Waals surface area (Å²) in [5.41, 5.74) is 3.77. The van der Waals surface area contributed by atoms with Crippen LogP contribution >= 0.6 is 11.3 Å². The van der Waals surface area contributed by atoms with Crippen molar-refractivity contribution >= 4 is 11.3 Å². The second kappa shape index (κ2) is 7.62. The summed E-state index contributed by atoms with van der Waals surface area (Å²) in [4.78, 5) is 2.74. The molecule has 114 valence electrons. The van der Waals surface area contributed by atoms with E-state index in [1.54, 1.807) is 0 Å². The van der Waals surface area contributed by atoms with E-state index in [0.29, 0.717) is 6.61 Å². The van der Waals surface area contributed by atoms with Crippen molar-refractivity contribution in [3.63, 3.8) is 0 Å². The zero-order valence-corrected chi connectivity index (χ0v) is 14.3. The maximum absolute atomic E-state index is 5.98. The van der Waals surface area contributed by atoms with E-state index in [4.69, 9.17) is 4.74 Å². The second-order valence-electron chi connectivity index (χ2n) is 5.53. The van der Waals surface area contributed by atoms with E-state index in [0.717, 1.165) is 18.8 Å². The topological polar surface area (TPSA) is 21.3 Å². The van der Waals surface area contributed by atoms with Gasteiger partial charge in [-0.3, -0.25) is 0 Å². The lowest BCUT2D eigenvalue weighted by Gasteiger charge is -2.09. The quantitative estimate of drug-likeness (QED) is 0.745. The summed E-state index contributed by atoms with van der Waals surface area (Å²) in [7, 11) is 0. The Kier molecular flexibility index (Phi) is 5.83. The molecule has 0 unspecified atom stereocenters. The van der Waals surface area contributed by atoms with Gasteiger partial charge in [0.05, 0.1) is 0 Å². The number of hydrogen-bond acceptors (Lipinski definition) is 3. The Bertz CT molecular complexity index is 589. The Hall–Kier alpha value is -1.32. The van der Waals surface area contributed by atoms with Crippen LogP contribution in [0.2, 0.25) is 0 Å². The van der Waals surface area contributed by atoms with Crippen molar-refractivity contribution in [2.45, 2.75) is 47.3 Å². The number of ether oxygens (including phenoxy) is 1. The molecule has 0 aliphatic rings. The lowest BCUT2D eigenvalue weighted by molar-refractivity contribution is 0.304. The van der Waals surface area contributed by atoms with Crippen molar-refractivity contribution in [2.75, 3.05) is 6.54 Å². The summed E-state index contributed by atoms with van der Waals surface area (Å²) < 4.78 is 5.98. The molecule has 0 saturated carbocycles. The molecule has 0 amide bonds. The molecule has 1 aromatic carbocycles. The zero-order valence-electron chi connectivity index (χ0n) is 13.5. The van der Waals surface area contributed by atoms with Gasteiger partial charge < -0.3 is 10.1 Å². The highest BCUT2D eigenvalue weighted by atomic mass is 32.1. The summed E-state index contributed by atoms with van der Waals surface area (Å²) in [6, 6.07) is 8.60. The lowest BCUT2D eigenvalue weighted by Crippen LogP contribution is -2.12. The molecule has 0 fully saturated rings. The van der Waals surface area contributed by atoms with Gasteiger partial charge >= 0.3 is 0 Å². The van der Waals surface area contributed by atoms with E-state index in [2.05, 4.69) is 57.3 Å². The van der Waals surface area contributed by atoms with Crippen LogP contribution in [0.4, 0.5) is 0 Å². The average Bonchev–Trinajstić information content (AvgIpc) is 2.79. The molecule has 2 rings (SSSR count). The van der Waals surface area contributed by atoms with Gasteiger partial charge in [-0.2, -0.15) is 0 Å². The molecule has 1 heterocycles. The maximum atomic E-state index is 5.98. The fraction of sp³-hybridized carbons (Fsp3) is 0.444. The molecule has 0 aliphatic carbocycles. The second-order valence-corrected chi connectivity index (χ2v) is 6.87. The Balaban J connectivity index is 1.96. The van der Waals surface area contributed by atoms with E-state index in [1.807, 2.05) is 11.3 Å². The minimum Gasteiger partial charge on any atom is -0.489 e. The number of benzene rings is 1. The highest BCUT2D eigenvalue weighted by Crippen LogP contribution is 2.25. The van der Waals surface area contributed by atoms with Crippen LogP contribution < -0.4 is 10.1 Å². The van der Waals surface area contributed by atoms with E-state index in [-0.39, 0.29) is 0 Å². The molecule has 0 atom stereocenters. The predicted octanol–water partition coefficient (Wildman–Crippen LogP) is 4.75. The summed E-state index contributed by atoms with van der Waals surface area (Å²) in [6.45, 7) is 11.3. The SMILES string of the molecule is CCCNCc1cc(COc2ccc(C)cc2C)c(C)s1. The van der Waals surface area contributed by atoms with Crippen molar-refractivity contribution in [3.05, 3.63) is 50.7 Å². The molecule has 0 aliphatic heterocycles. The molecule has 0 radical (unpaired) electrons. The number of rotatable bonds is 7. The average molecular weight is 303 g/mol. The Labute approximate surface area is 132 Å². The monoisotopic (exact) mass is 303 g/mol. The van der Waals surface area contributed by atoms with Crippen LogP contribution in [-0.4, -0.2) is 6.54 Å². The molecule has 1 aromatic heterocycles. The van der Waals surface area contributed by atoms with Crippen LogP contribution in [0.3, 0.4) is 0 Å². The molecule has 2 nitrogen and oxygen atoms in total. The minimum absolute atomic E-state index is 0.653. The molecule has 0 saturated heterocycles. The van der Waals surface area contributed by atoms with Gasteiger partial charge in [-0.25, -0.2) is 0 Å². The Morgan fingerprint density at radius 1 is 1.14 bits per heavy atom. The molecule has 0 bridgehead atoms. The lowest BCUT2D eigenvalue weighted by atomic mass is 10.1. The van der Waals surface area contributed by atoms with Crippen LogP contribution in [0.15, 0.2) is 24.3 Å². The third kappa shape index (κ3) is 4.58. The fourth-order valence-electron chi connectivity index (χ4n) is 2.32. The Morgan fingerprint density at radius 3 is 2.67 bits per heavy atom. The molecule has 0 spiro atoms. The van der Waals surface area contributed by atoms with Crippen molar-refractivity contribution in [1.82, 2.24) is 5.32 Å². The van der Waals surface area contributed by atoms with Crippen LogP contribution in [0.5, 0.6) is 5.75 Å². The van der Waals surface area contributed by atoms with E-state index in [9.17, 15) is 0 Å². The van der Waals surface area contributed by atoms with Crippen molar-refractivity contribution < 1.29 is 4.74 Å². The molecule has 2 aromatic rings. The molecular weight excluding hydrogens is 278 g/mol. The number of hydrogen-bond donors (Lipinski definition) is 1. The first-order valence-electron chi connectivity index (χ1n) is 7.59. The summed E-state index contributed by atoms with van der Waals surface area (Å²) in [6.07, 6.45) is 1.17. The van der Waals surface area contributed by atoms with Gasteiger partial charge in [0, 0.05) is 21.9 Å². The van der Waals surface area contributed by atoms with Crippen LogP contribution in [-0.2, 0) is 13.2 Å². The summed E-state index contributed by atoms with van der Waals surface area (Å²) >= 11 is 1.86. The zero-order chi connectivity index (χ0) is 15.2. The van der Waals surface area contributed by atoms with Crippen LogP contribution in [0.25, 0.3) is 0 Å². The van der Waals surface area contributed by atoms with E-state index < -0.39 is 0 Å². The van der Waals surface area contributed by atoms with Crippen LogP contribution in [0, 0.1) is 20.8 Å². The maximum Gasteiger partial charge on any atom is 0.122 e. The molecular formula is C18H25NOS. The van der Waals surface area contributed by atoms with Crippen molar-refractivity contribution in [2.24, 2.45) is 0 Å². The minimum atomic E-state index is 0.653. The van der Waals surface area contributed by atoms with Gasteiger partial charge in [-0.05, 0) is 51.4 Å². The van der Waals surface area contributed by atoms with Crippen molar-refractivity contribution in [3.8, 4) is 5.75 Å². The third-order valence-corrected chi connectivity index (χ3v) is 4.60. The first-order chi connectivity index (χ1) is 10.1. The highest BCUT2D eigenvalue weighted by molar-refractivity contribution is 7.12. The van der Waals surface area contributed by atoms with Gasteiger partial charge in [0.15, 0.2) is 0 Å². The molecule has 1 N–H and O–H groups in total. The van der Waals surface area contributed by atoms with Crippen LogP contribution in [0.1, 0.15) is 39.8 Å². The fourth-order valence-corrected chi connectivity index (χ4v) is 3.34. The summed E-state index contributed by atoms with van der Waals surface area (Å²) in [5.74, 6) is 0.983. The van der Waals surface area contributed by atoms with Gasteiger partial charge in [0.1, 0.15) is 12.4 Å². The first-order valence-corrected chi connectivity index (χ1v) is 8.40. The normalized spacial score (nSPS) is 10.9. The van der Waals surface area contributed by atoms with Gasteiger partial charge in [-0.1, -0.05) is 24.6 Å². The summed E-state index contributed by atoms with van der Waals surface area (Å²) in [5, 5.41) is 3.45. The van der Waals surface area contributed by atoms with E-state index >= 15 is 0 Å². The highest BCUT2D eigenvalue weighted by Gasteiger charge is 2.07. The number of nitrogens with one attached hydrogen (secondary N) is 1. The third-order valence-electron chi connectivity index (χ3n) is 3.51. The molecule has 3 heteroatoms. The van der Waals surface area contributed by atoms with Gasteiger partial charge in [0.2, 0.25) is 0 Å². The Morgan fingerprint density at radius 2 is 1.95 bits per heavy atom.